The van der Waals surface area contributed by atoms with Crippen molar-refractivity contribution < 1.29 is 19.4 Å². The number of carboxylic acid groups (broad SMARTS) is 1. The predicted molar refractivity (Wildman–Crippen MR) is 67.6 cm³/mol. The minimum Gasteiger partial charge on any atom is -0.481 e. The number of carbonyl (C=O) groups is 2. The second kappa shape index (κ2) is 5.21. The standard InChI is InChI=1S/C14H18O4/c1-9(15)18-11-8-6-5-7-10(11)12(13(16)17)14(2,3)4/h5-8,12H,1-4H3,(H,16,17). The van der Waals surface area contributed by atoms with Gasteiger partial charge in [-0.05, 0) is 11.5 Å². The molecule has 1 aromatic rings. The Labute approximate surface area is 107 Å². The van der Waals surface area contributed by atoms with Crippen molar-refractivity contribution in [2.24, 2.45) is 5.41 Å². The Kier molecular flexibility index (Phi) is 4.11. The summed E-state index contributed by atoms with van der Waals surface area (Å²) in [7, 11) is 0. The Hall–Kier alpha value is -1.84. The third-order valence-corrected chi connectivity index (χ3v) is 2.60. The molecule has 0 aliphatic carbocycles. The highest BCUT2D eigenvalue weighted by Gasteiger charge is 2.34. The molecule has 4 nitrogen and oxygen atoms in total. The number of ether oxygens (including phenoxy) is 1. The molecule has 0 fully saturated rings. The molecule has 1 N–H and O–H groups in total. The molecule has 98 valence electrons. The van der Waals surface area contributed by atoms with Crippen LogP contribution in [-0.4, -0.2) is 17.0 Å². The van der Waals surface area contributed by atoms with Gasteiger partial charge in [-0.3, -0.25) is 9.59 Å². The predicted octanol–water partition coefficient (Wildman–Crippen LogP) is 2.83. The lowest BCUT2D eigenvalue weighted by atomic mass is 9.76. The van der Waals surface area contributed by atoms with Crippen molar-refractivity contribution in [1.82, 2.24) is 0 Å². The van der Waals surface area contributed by atoms with Gasteiger partial charge in [-0.2, -0.15) is 0 Å². The Bertz CT molecular complexity index is 457. The fraction of sp³-hybridized carbons (Fsp3) is 0.429. The molecule has 0 aliphatic rings. The quantitative estimate of drug-likeness (QED) is 0.661. The van der Waals surface area contributed by atoms with Crippen LogP contribution in [0.4, 0.5) is 0 Å². The maximum Gasteiger partial charge on any atom is 0.311 e. The van der Waals surface area contributed by atoms with Crippen LogP contribution in [0, 0.1) is 5.41 Å². The van der Waals surface area contributed by atoms with Gasteiger partial charge >= 0.3 is 11.9 Å². The van der Waals surface area contributed by atoms with E-state index >= 15 is 0 Å². The molecule has 0 aromatic heterocycles. The maximum absolute atomic E-state index is 11.4. The number of carboxylic acids is 1. The second-order valence-electron chi connectivity index (χ2n) is 5.27. The third-order valence-electron chi connectivity index (χ3n) is 2.60. The van der Waals surface area contributed by atoms with E-state index in [0.717, 1.165) is 0 Å². The first-order chi connectivity index (χ1) is 8.23. The normalized spacial score (nSPS) is 12.9. The zero-order valence-corrected chi connectivity index (χ0v) is 11.1. The molecule has 0 bridgehead atoms. The van der Waals surface area contributed by atoms with Gasteiger partial charge in [0.15, 0.2) is 0 Å². The van der Waals surface area contributed by atoms with Gasteiger partial charge in [-0.1, -0.05) is 39.0 Å². The highest BCUT2D eigenvalue weighted by atomic mass is 16.5. The summed E-state index contributed by atoms with van der Waals surface area (Å²) in [6.07, 6.45) is 0. The molecule has 0 aliphatic heterocycles. The summed E-state index contributed by atoms with van der Waals surface area (Å²) in [5.41, 5.74) is 0.0509. The molecule has 1 aromatic carbocycles. The molecule has 1 unspecified atom stereocenters. The van der Waals surface area contributed by atoms with E-state index in [2.05, 4.69) is 0 Å². The fourth-order valence-electron chi connectivity index (χ4n) is 1.94. The van der Waals surface area contributed by atoms with Crippen LogP contribution in [0.1, 0.15) is 39.2 Å². The summed E-state index contributed by atoms with van der Waals surface area (Å²) in [4.78, 5) is 22.5. The first-order valence-electron chi connectivity index (χ1n) is 5.73. The SMILES string of the molecule is CC(=O)Oc1ccccc1C(C(=O)O)C(C)(C)C. The van der Waals surface area contributed by atoms with E-state index in [1.54, 1.807) is 24.3 Å². The molecule has 0 spiro atoms. The highest BCUT2D eigenvalue weighted by molar-refractivity contribution is 5.79. The zero-order chi connectivity index (χ0) is 13.9. The molecule has 1 atom stereocenters. The average molecular weight is 250 g/mol. The minimum atomic E-state index is -0.929. The third kappa shape index (κ3) is 3.32. The van der Waals surface area contributed by atoms with E-state index in [0.29, 0.717) is 11.3 Å². The number of aliphatic carboxylic acids is 1. The van der Waals surface area contributed by atoms with Crippen molar-refractivity contribution >= 4 is 11.9 Å². The van der Waals surface area contributed by atoms with Crippen molar-refractivity contribution in [3.63, 3.8) is 0 Å². The van der Waals surface area contributed by atoms with Crippen LogP contribution in [0.25, 0.3) is 0 Å². The van der Waals surface area contributed by atoms with Crippen LogP contribution in [0.2, 0.25) is 0 Å². The van der Waals surface area contributed by atoms with E-state index in [4.69, 9.17) is 4.74 Å². The van der Waals surface area contributed by atoms with Crippen LogP contribution in [0.5, 0.6) is 5.75 Å². The van der Waals surface area contributed by atoms with Gasteiger partial charge in [-0.15, -0.1) is 0 Å². The number of esters is 1. The zero-order valence-electron chi connectivity index (χ0n) is 11.1. The summed E-state index contributed by atoms with van der Waals surface area (Å²) in [5, 5.41) is 9.38. The number of hydrogen-bond acceptors (Lipinski definition) is 3. The molecule has 0 saturated carbocycles. The Morgan fingerprint density at radius 2 is 1.78 bits per heavy atom. The smallest absolute Gasteiger partial charge is 0.311 e. The second-order valence-corrected chi connectivity index (χ2v) is 5.27. The van der Waals surface area contributed by atoms with Crippen LogP contribution in [-0.2, 0) is 9.59 Å². The van der Waals surface area contributed by atoms with Crippen LogP contribution in [0.3, 0.4) is 0 Å². The lowest BCUT2D eigenvalue weighted by Gasteiger charge is -2.28. The van der Waals surface area contributed by atoms with Crippen LogP contribution < -0.4 is 4.74 Å². The molecule has 0 heterocycles. The molecule has 1 rings (SSSR count). The summed E-state index contributed by atoms with van der Waals surface area (Å²) in [5.74, 6) is -1.80. The van der Waals surface area contributed by atoms with Gasteiger partial charge < -0.3 is 9.84 Å². The maximum atomic E-state index is 11.4. The van der Waals surface area contributed by atoms with E-state index in [1.807, 2.05) is 20.8 Å². The first-order valence-corrected chi connectivity index (χ1v) is 5.73. The molecular weight excluding hydrogens is 232 g/mol. The monoisotopic (exact) mass is 250 g/mol. The molecule has 0 amide bonds. The average Bonchev–Trinajstić information content (AvgIpc) is 2.17. The van der Waals surface area contributed by atoms with Gasteiger partial charge in [0.05, 0.1) is 5.92 Å². The molecular formula is C14H18O4. The topological polar surface area (TPSA) is 63.6 Å². The number of benzene rings is 1. The molecule has 0 radical (unpaired) electrons. The van der Waals surface area contributed by atoms with Gasteiger partial charge in [0.25, 0.3) is 0 Å². The van der Waals surface area contributed by atoms with Gasteiger partial charge in [0.1, 0.15) is 5.75 Å². The fourth-order valence-corrected chi connectivity index (χ4v) is 1.94. The summed E-state index contributed by atoms with van der Waals surface area (Å²) in [6.45, 7) is 6.83. The van der Waals surface area contributed by atoms with E-state index in [9.17, 15) is 14.7 Å². The summed E-state index contributed by atoms with van der Waals surface area (Å²) in [6, 6.07) is 6.74. The van der Waals surface area contributed by atoms with Crippen molar-refractivity contribution in [2.75, 3.05) is 0 Å². The van der Waals surface area contributed by atoms with Crippen LogP contribution >= 0.6 is 0 Å². The number of carbonyl (C=O) groups excluding carboxylic acids is 1. The van der Waals surface area contributed by atoms with Gasteiger partial charge in [-0.25, -0.2) is 0 Å². The van der Waals surface area contributed by atoms with E-state index in [-0.39, 0.29) is 0 Å². The minimum absolute atomic E-state index is 0.312. The number of rotatable bonds is 3. The summed E-state index contributed by atoms with van der Waals surface area (Å²) < 4.78 is 5.07. The van der Waals surface area contributed by atoms with Crippen molar-refractivity contribution in [1.29, 1.82) is 0 Å². The molecule has 4 heteroatoms. The largest absolute Gasteiger partial charge is 0.481 e. The molecule has 18 heavy (non-hydrogen) atoms. The van der Waals surface area contributed by atoms with Crippen molar-refractivity contribution in [3.8, 4) is 5.75 Å². The highest BCUT2D eigenvalue weighted by Crippen LogP contribution is 2.39. The Balaban J connectivity index is 3.28. The van der Waals surface area contributed by atoms with Crippen molar-refractivity contribution in [2.45, 2.75) is 33.6 Å². The van der Waals surface area contributed by atoms with Crippen LogP contribution in [0.15, 0.2) is 24.3 Å². The number of para-hydroxylation sites is 1. The van der Waals surface area contributed by atoms with E-state index in [1.165, 1.54) is 6.92 Å². The Morgan fingerprint density at radius 3 is 2.22 bits per heavy atom. The first kappa shape index (κ1) is 14.2. The van der Waals surface area contributed by atoms with Crippen molar-refractivity contribution in [3.05, 3.63) is 29.8 Å². The lowest BCUT2D eigenvalue weighted by molar-refractivity contribution is -0.142. The number of hydrogen-bond donors (Lipinski definition) is 1. The van der Waals surface area contributed by atoms with Gasteiger partial charge in [0.2, 0.25) is 0 Å². The lowest BCUT2D eigenvalue weighted by Crippen LogP contribution is -2.27. The van der Waals surface area contributed by atoms with E-state index < -0.39 is 23.3 Å². The Morgan fingerprint density at radius 1 is 1.22 bits per heavy atom. The molecule has 0 saturated heterocycles. The van der Waals surface area contributed by atoms with Gasteiger partial charge in [0, 0.05) is 12.5 Å². The summed E-state index contributed by atoms with van der Waals surface area (Å²) >= 11 is 0.